The van der Waals surface area contributed by atoms with Gasteiger partial charge in [0.15, 0.2) is 6.10 Å². The van der Waals surface area contributed by atoms with E-state index in [9.17, 15) is 15.0 Å². The summed E-state index contributed by atoms with van der Waals surface area (Å²) in [6.07, 6.45) is -1.36. The molecule has 2 aromatic rings. The average molecular weight is 221 g/mol. The lowest BCUT2D eigenvalue weighted by Crippen LogP contribution is -2.13. The maximum absolute atomic E-state index is 11.1. The lowest BCUT2D eigenvalue weighted by molar-refractivity contribution is -0.150. The zero-order valence-corrected chi connectivity index (χ0v) is 8.60. The topological polar surface area (TPSA) is 82.6 Å². The molecule has 1 aromatic heterocycles. The molecule has 0 spiro atoms. The van der Waals surface area contributed by atoms with Crippen LogP contribution in [0.25, 0.3) is 10.9 Å². The SMILES string of the molecule is COC(=O)C(O)c1cc2c(O)cccc2[nH]1. The van der Waals surface area contributed by atoms with E-state index in [1.165, 1.54) is 19.2 Å². The molecule has 0 aliphatic rings. The first kappa shape index (κ1) is 10.5. The highest BCUT2D eigenvalue weighted by Crippen LogP contribution is 2.27. The van der Waals surface area contributed by atoms with E-state index in [4.69, 9.17) is 0 Å². The van der Waals surface area contributed by atoms with Crippen molar-refractivity contribution in [1.29, 1.82) is 0 Å². The van der Waals surface area contributed by atoms with Crippen LogP contribution < -0.4 is 0 Å². The molecule has 1 atom stereocenters. The molecule has 2 rings (SSSR count). The minimum absolute atomic E-state index is 0.0945. The van der Waals surface area contributed by atoms with Gasteiger partial charge in [-0.2, -0.15) is 0 Å². The summed E-state index contributed by atoms with van der Waals surface area (Å²) in [5, 5.41) is 19.7. The number of carbonyl (C=O) groups is 1. The number of carbonyl (C=O) groups excluding carboxylic acids is 1. The number of phenols is 1. The van der Waals surface area contributed by atoms with E-state index in [0.29, 0.717) is 16.6 Å². The van der Waals surface area contributed by atoms with Crippen molar-refractivity contribution < 1.29 is 19.7 Å². The Morgan fingerprint density at radius 1 is 1.50 bits per heavy atom. The number of ether oxygens (including phenoxy) is 1. The van der Waals surface area contributed by atoms with Gasteiger partial charge in [0.2, 0.25) is 0 Å². The van der Waals surface area contributed by atoms with Gasteiger partial charge in [-0.15, -0.1) is 0 Å². The second kappa shape index (κ2) is 3.86. The molecule has 0 saturated heterocycles. The van der Waals surface area contributed by atoms with Crippen molar-refractivity contribution in [3.63, 3.8) is 0 Å². The zero-order chi connectivity index (χ0) is 11.7. The minimum atomic E-state index is -1.36. The molecule has 3 N–H and O–H groups in total. The Hall–Kier alpha value is -2.01. The van der Waals surface area contributed by atoms with Crippen LogP contribution in [0.4, 0.5) is 0 Å². The third-order valence-electron chi connectivity index (χ3n) is 2.38. The first-order valence-corrected chi connectivity index (χ1v) is 4.70. The summed E-state index contributed by atoms with van der Waals surface area (Å²) in [5.74, 6) is -0.650. The van der Waals surface area contributed by atoms with Gasteiger partial charge in [0.25, 0.3) is 0 Å². The van der Waals surface area contributed by atoms with Crippen molar-refractivity contribution in [3.05, 3.63) is 30.0 Å². The first-order valence-electron chi connectivity index (χ1n) is 4.70. The molecule has 0 aliphatic carbocycles. The number of aromatic hydroxyl groups is 1. The van der Waals surface area contributed by atoms with E-state index >= 15 is 0 Å². The number of phenolic OH excluding ortho intramolecular Hbond substituents is 1. The fourth-order valence-electron chi connectivity index (χ4n) is 1.55. The average Bonchev–Trinajstić information content (AvgIpc) is 2.72. The largest absolute Gasteiger partial charge is 0.507 e. The first-order chi connectivity index (χ1) is 7.63. The van der Waals surface area contributed by atoms with Crippen LogP contribution >= 0.6 is 0 Å². The molecular weight excluding hydrogens is 210 g/mol. The molecule has 5 nitrogen and oxygen atoms in total. The number of fused-ring (bicyclic) bond motifs is 1. The van der Waals surface area contributed by atoms with E-state index in [1.807, 2.05) is 0 Å². The van der Waals surface area contributed by atoms with Crippen LogP contribution in [-0.4, -0.2) is 28.3 Å². The van der Waals surface area contributed by atoms with Crippen LogP contribution in [0.1, 0.15) is 11.8 Å². The summed E-state index contributed by atoms with van der Waals surface area (Å²) in [6.45, 7) is 0. The maximum Gasteiger partial charge on any atom is 0.340 e. The zero-order valence-electron chi connectivity index (χ0n) is 8.60. The molecule has 5 heteroatoms. The summed E-state index contributed by atoms with van der Waals surface area (Å²) in [4.78, 5) is 14.0. The molecule has 0 aliphatic heterocycles. The van der Waals surface area contributed by atoms with Crippen LogP contribution in [0.3, 0.4) is 0 Å². The lowest BCUT2D eigenvalue weighted by Gasteiger charge is -2.04. The van der Waals surface area contributed by atoms with E-state index < -0.39 is 12.1 Å². The molecule has 16 heavy (non-hydrogen) atoms. The van der Waals surface area contributed by atoms with E-state index in [1.54, 1.807) is 12.1 Å². The second-order valence-corrected chi connectivity index (χ2v) is 3.39. The predicted molar refractivity (Wildman–Crippen MR) is 56.9 cm³/mol. The van der Waals surface area contributed by atoms with Crippen molar-refractivity contribution in [2.45, 2.75) is 6.10 Å². The molecular formula is C11H11NO4. The minimum Gasteiger partial charge on any atom is -0.507 e. The molecule has 1 unspecified atom stereocenters. The van der Waals surface area contributed by atoms with Crippen molar-refractivity contribution in [3.8, 4) is 5.75 Å². The summed E-state index contributed by atoms with van der Waals surface area (Å²) in [6, 6.07) is 6.46. The highest BCUT2D eigenvalue weighted by atomic mass is 16.5. The quantitative estimate of drug-likeness (QED) is 0.663. The number of hydrogen-bond acceptors (Lipinski definition) is 4. The van der Waals surface area contributed by atoms with Crippen molar-refractivity contribution in [1.82, 2.24) is 4.98 Å². The highest BCUT2D eigenvalue weighted by Gasteiger charge is 2.20. The van der Waals surface area contributed by atoms with E-state index in [2.05, 4.69) is 9.72 Å². The Morgan fingerprint density at radius 2 is 2.25 bits per heavy atom. The molecule has 1 aromatic carbocycles. The summed E-state index contributed by atoms with van der Waals surface area (Å²) < 4.78 is 4.42. The standard InChI is InChI=1S/C11H11NO4/c1-16-11(15)10(14)8-5-6-7(12-8)3-2-4-9(6)13/h2-5,10,12-14H,1H3. The van der Waals surface area contributed by atoms with Gasteiger partial charge in [0, 0.05) is 10.9 Å². The summed E-state index contributed by atoms with van der Waals surface area (Å²) in [5.41, 5.74) is 0.946. The van der Waals surface area contributed by atoms with E-state index in [0.717, 1.165) is 0 Å². The Labute approximate surface area is 91.3 Å². The van der Waals surface area contributed by atoms with Gasteiger partial charge in [-0.05, 0) is 18.2 Å². The fourth-order valence-corrected chi connectivity index (χ4v) is 1.55. The van der Waals surface area contributed by atoms with Gasteiger partial charge in [-0.1, -0.05) is 6.07 Å². The van der Waals surface area contributed by atoms with E-state index in [-0.39, 0.29) is 5.75 Å². The fraction of sp³-hybridized carbons (Fsp3) is 0.182. The van der Waals surface area contributed by atoms with Crippen molar-refractivity contribution in [2.24, 2.45) is 0 Å². The number of aliphatic hydroxyl groups excluding tert-OH is 1. The number of aromatic amines is 1. The lowest BCUT2D eigenvalue weighted by atomic mass is 10.2. The molecule has 0 amide bonds. The molecule has 0 saturated carbocycles. The second-order valence-electron chi connectivity index (χ2n) is 3.39. The number of benzene rings is 1. The molecule has 0 fully saturated rings. The number of rotatable bonds is 2. The monoisotopic (exact) mass is 221 g/mol. The van der Waals surface area contributed by atoms with Gasteiger partial charge >= 0.3 is 5.97 Å². The molecule has 0 radical (unpaired) electrons. The van der Waals surface area contributed by atoms with Crippen molar-refractivity contribution in [2.75, 3.05) is 7.11 Å². The number of aliphatic hydroxyl groups is 1. The molecule has 0 bridgehead atoms. The number of aromatic nitrogens is 1. The predicted octanol–water partition coefficient (Wildman–Crippen LogP) is 1.08. The van der Waals surface area contributed by atoms with Crippen molar-refractivity contribution >= 4 is 16.9 Å². The van der Waals surface area contributed by atoms with Gasteiger partial charge in [0.05, 0.1) is 12.8 Å². The molecule has 84 valence electrons. The smallest absolute Gasteiger partial charge is 0.340 e. The van der Waals surface area contributed by atoms with Gasteiger partial charge < -0.3 is 19.9 Å². The van der Waals surface area contributed by atoms with Crippen LogP contribution in [-0.2, 0) is 9.53 Å². The third-order valence-corrected chi connectivity index (χ3v) is 2.38. The van der Waals surface area contributed by atoms with Crippen LogP contribution in [0.5, 0.6) is 5.75 Å². The Balaban J connectivity index is 2.47. The normalized spacial score (nSPS) is 12.6. The van der Waals surface area contributed by atoms with Gasteiger partial charge in [0.1, 0.15) is 5.75 Å². The number of hydrogen-bond donors (Lipinski definition) is 3. The third kappa shape index (κ3) is 1.61. The highest BCUT2D eigenvalue weighted by molar-refractivity contribution is 5.88. The van der Waals surface area contributed by atoms with Gasteiger partial charge in [-0.25, -0.2) is 4.79 Å². The Bertz CT molecular complexity index is 532. The summed E-state index contributed by atoms with van der Waals surface area (Å²) in [7, 11) is 1.20. The number of nitrogens with one attached hydrogen (secondary N) is 1. The number of H-pyrrole nitrogens is 1. The maximum atomic E-state index is 11.1. The van der Waals surface area contributed by atoms with Crippen LogP contribution in [0.2, 0.25) is 0 Å². The van der Waals surface area contributed by atoms with Crippen LogP contribution in [0, 0.1) is 0 Å². The summed E-state index contributed by atoms with van der Waals surface area (Å²) >= 11 is 0. The Kier molecular flexibility index (Phi) is 2.54. The number of methoxy groups -OCH3 is 1. The van der Waals surface area contributed by atoms with Crippen LogP contribution in [0.15, 0.2) is 24.3 Å². The molecule has 1 heterocycles. The Morgan fingerprint density at radius 3 is 2.88 bits per heavy atom. The number of esters is 1. The van der Waals surface area contributed by atoms with Gasteiger partial charge in [-0.3, -0.25) is 0 Å².